The molecule has 0 amide bonds. The minimum Gasteiger partial charge on any atom is -0.496 e. The van der Waals surface area contributed by atoms with Gasteiger partial charge in [-0.05, 0) is 69.4 Å². The molecule has 4 aromatic rings. The molecular weight excluding hydrogens is 630 g/mol. The van der Waals surface area contributed by atoms with Crippen molar-refractivity contribution >= 4 is 85.0 Å². The van der Waals surface area contributed by atoms with Crippen molar-refractivity contribution in [3.05, 3.63) is 53.2 Å². The first-order valence-electron chi connectivity index (χ1n) is 7.89. The summed E-state index contributed by atoms with van der Waals surface area (Å²) in [5.41, 5.74) is 1.61. The lowest BCUT2D eigenvalue weighted by Crippen LogP contribution is -2.11. The Morgan fingerprint density at radius 1 is 1.36 bits per heavy atom. The van der Waals surface area contributed by atoms with E-state index in [1.807, 2.05) is 18.2 Å². The molecule has 0 spiro atoms. The third-order valence-electron chi connectivity index (χ3n) is 4.18. The van der Waals surface area contributed by atoms with E-state index in [-0.39, 0.29) is 12.2 Å². The maximum Gasteiger partial charge on any atom is 0.353 e. The molecule has 28 heavy (non-hydrogen) atoms. The summed E-state index contributed by atoms with van der Waals surface area (Å²) in [7, 11) is 1.57. The van der Waals surface area contributed by atoms with Crippen molar-refractivity contribution < 1.29 is 19.2 Å². The number of fused-ring (bicyclic) bond motifs is 1. The van der Waals surface area contributed by atoms with E-state index in [9.17, 15) is 9.90 Å². The quantitative estimate of drug-likeness (QED) is 0.272. The number of benzene rings is 1. The van der Waals surface area contributed by atoms with Crippen LogP contribution < -0.4 is 4.74 Å². The molecule has 0 aliphatic carbocycles. The van der Waals surface area contributed by atoms with Gasteiger partial charge in [-0.15, -0.1) is 11.3 Å². The van der Waals surface area contributed by atoms with Gasteiger partial charge in [0.25, 0.3) is 0 Å². The molecule has 0 unspecified atom stereocenters. The smallest absolute Gasteiger partial charge is 0.353 e. The molecule has 0 aliphatic heterocycles. The van der Waals surface area contributed by atoms with Crippen LogP contribution in [0.5, 0.6) is 5.75 Å². The number of aromatic nitrogens is 2. The highest BCUT2D eigenvalue weighted by Gasteiger charge is 2.25. The summed E-state index contributed by atoms with van der Waals surface area (Å²) in [6.45, 7) is 0.257. The first-order chi connectivity index (χ1) is 13.4. The van der Waals surface area contributed by atoms with E-state index < -0.39 is 5.97 Å². The first kappa shape index (κ1) is 20.0. The fourth-order valence-corrected chi connectivity index (χ4v) is 5.80. The maximum atomic E-state index is 12.0. The van der Waals surface area contributed by atoms with Gasteiger partial charge >= 0.3 is 5.97 Å². The van der Waals surface area contributed by atoms with Crippen molar-refractivity contribution in [2.75, 3.05) is 7.11 Å². The van der Waals surface area contributed by atoms with Crippen LogP contribution in [0.4, 0.5) is 0 Å². The molecule has 0 radical (unpaired) electrons. The van der Waals surface area contributed by atoms with Crippen LogP contribution in [0.3, 0.4) is 0 Å². The number of carboxylic acids is 1. The van der Waals surface area contributed by atoms with Gasteiger partial charge in [0, 0.05) is 9.64 Å². The number of thiophene rings is 1. The summed E-state index contributed by atoms with van der Waals surface area (Å²) in [6.07, 6.45) is 0. The number of methoxy groups -OCH3 is 1. The summed E-state index contributed by atoms with van der Waals surface area (Å²) in [4.78, 5) is 12.9. The number of aromatic carboxylic acids is 1. The molecule has 0 atom stereocenters. The van der Waals surface area contributed by atoms with Crippen molar-refractivity contribution in [3.8, 4) is 16.4 Å². The molecule has 1 N–H and O–H groups in total. The summed E-state index contributed by atoms with van der Waals surface area (Å²) in [5.74, 6) is 0.226. The molecule has 3 heterocycles. The van der Waals surface area contributed by atoms with Crippen LogP contribution in [0.25, 0.3) is 21.5 Å². The lowest BCUT2D eigenvalue weighted by atomic mass is 10.2. The number of hydrogen-bond acceptors (Lipinski definition) is 5. The highest BCUT2D eigenvalue weighted by Crippen LogP contribution is 2.38. The zero-order valence-electron chi connectivity index (χ0n) is 14.2. The summed E-state index contributed by atoms with van der Waals surface area (Å²) in [6, 6.07) is 9.21. The van der Waals surface area contributed by atoms with Crippen LogP contribution in [-0.4, -0.2) is 27.9 Å². The maximum absolute atomic E-state index is 12.0. The number of rotatable bonds is 5. The predicted octanol–water partition coefficient (Wildman–Crippen LogP) is 5.98. The Morgan fingerprint density at radius 3 is 2.79 bits per heavy atom. The van der Waals surface area contributed by atoms with Crippen molar-refractivity contribution in [1.29, 1.82) is 0 Å². The standard InChI is InChI=1S/C18H11ClI2N2O4S/c1-26-10-3-2-9(20)16-14(10)15(21)17(18(24)25)23(16)7-8-6-11(27-22-8)12-4-5-13(19)28-12/h2-6H,7H2,1H3,(H,24,25). The Morgan fingerprint density at radius 2 is 2.14 bits per heavy atom. The van der Waals surface area contributed by atoms with Gasteiger partial charge in [0.1, 0.15) is 17.1 Å². The lowest BCUT2D eigenvalue weighted by Gasteiger charge is -2.08. The number of ether oxygens (including phenoxy) is 1. The van der Waals surface area contributed by atoms with E-state index >= 15 is 0 Å². The third kappa shape index (κ3) is 3.42. The van der Waals surface area contributed by atoms with Gasteiger partial charge in [-0.25, -0.2) is 4.79 Å². The van der Waals surface area contributed by atoms with Crippen molar-refractivity contribution in [2.24, 2.45) is 0 Å². The molecule has 0 saturated heterocycles. The van der Waals surface area contributed by atoms with Crippen molar-refractivity contribution in [2.45, 2.75) is 6.54 Å². The minimum absolute atomic E-state index is 0.196. The van der Waals surface area contributed by atoms with Crippen LogP contribution in [0.1, 0.15) is 16.2 Å². The SMILES string of the molecule is COc1ccc(I)c2c1c(I)c(C(=O)O)n2Cc1cc(-c2ccc(Cl)s2)on1. The Hall–Kier alpha value is -1.31. The molecule has 1 aromatic carbocycles. The van der Waals surface area contributed by atoms with Crippen molar-refractivity contribution in [3.63, 3.8) is 0 Å². The van der Waals surface area contributed by atoms with E-state index in [4.69, 9.17) is 20.9 Å². The Kier molecular flexibility index (Phi) is 5.60. The van der Waals surface area contributed by atoms with Gasteiger partial charge in [0.2, 0.25) is 0 Å². The summed E-state index contributed by atoms with van der Waals surface area (Å²) in [5, 5.41) is 14.7. The molecule has 6 nitrogen and oxygen atoms in total. The highest BCUT2D eigenvalue weighted by molar-refractivity contribution is 14.1. The average Bonchev–Trinajstić information content (AvgIpc) is 3.35. The molecular formula is C18H11ClI2N2O4S. The van der Waals surface area contributed by atoms with Crippen LogP contribution >= 0.6 is 68.1 Å². The van der Waals surface area contributed by atoms with Gasteiger partial charge in [-0.1, -0.05) is 16.8 Å². The topological polar surface area (TPSA) is 77.5 Å². The number of carboxylic acid groups (broad SMARTS) is 1. The second kappa shape index (κ2) is 7.84. The molecule has 0 fully saturated rings. The van der Waals surface area contributed by atoms with Crippen LogP contribution in [0.15, 0.2) is 34.9 Å². The van der Waals surface area contributed by atoms with Gasteiger partial charge in [-0.3, -0.25) is 0 Å². The number of nitrogens with zero attached hydrogens (tertiary/aromatic N) is 2. The number of hydrogen-bond donors (Lipinski definition) is 1. The molecule has 0 saturated carbocycles. The second-order valence-corrected chi connectivity index (χ2v) is 9.77. The van der Waals surface area contributed by atoms with E-state index in [2.05, 4.69) is 50.3 Å². The second-order valence-electron chi connectivity index (χ2n) is 5.81. The largest absolute Gasteiger partial charge is 0.496 e. The highest BCUT2D eigenvalue weighted by atomic mass is 127. The summed E-state index contributed by atoms with van der Waals surface area (Å²) < 4.78 is 14.9. The number of carbonyl (C=O) groups is 1. The average molecular weight is 641 g/mol. The van der Waals surface area contributed by atoms with Gasteiger partial charge < -0.3 is 18.9 Å². The Labute approximate surface area is 195 Å². The zero-order chi connectivity index (χ0) is 20.0. The fraction of sp³-hybridized carbons (Fsp3) is 0.111. The monoisotopic (exact) mass is 640 g/mol. The van der Waals surface area contributed by atoms with Crippen LogP contribution in [-0.2, 0) is 6.54 Å². The lowest BCUT2D eigenvalue weighted by molar-refractivity contribution is 0.0685. The molecule has 10 heteroatoms. The molecule has 144 valence electrons. The molecule has 0 bridgehead atoms. The molecule has 4 rings (SSSR count). The first-order valence-corrected chi connectivity index (χ1v) is 11.2. The van der Waals surface area contributed by atoms with Gasteiger partial charge in [0.15, 0.2) is 5.76 Å². The number of halogens is 3. The Bertz CT molecular complexity index is 1210. The predicted molar refractivity (Wildman–Crippen MR) is 125 cm³/mol. The normalized spacial score (nSPS) is 11.3. The van der Waals surface area contributed by atoms with E-state index in [0.29, 0.717) is 25.1 Å². The van der Waals surface area contributed by atoms with E-state index in [0.717, 1.165) is 19.4 Å². The summed E-state index contributed by atoms with van der Waals surface area (Å²) >= 11 is 11.6. The fourth-order valence-electron chi connectivity index (χ4n) is 3.02. The molecule has 0 aliphatic rings. The van der Waals surface area contributed by atoms with Crippen LogP contribution in [0, 0.1) is 7.14 Å². The zero-order valence-corrected chi connectivity index (χ0v) is 20.1. The third-order valence-corrected chi connectivity index (χ3v) is 7.34. The minimum atomic E-state index is -1.01. The van der Waals surface area contributed by atoms with Gasteiger partial charge in [-0.2, -0.15) is 0 Å². The Balaban J connectivity index is 1.86. The molecule has 3 aromatic heterocycles. The van der Waals surface area contributed by atoms with E-state index in [1.54, 1.807) is 23.8 Å². The van der Waals surface area contributed by atoms with E-state index in [1.165, 1.54) is 11.3 Å². The van der Waals surface area contributed by atoms with Crippen molar-refractivity contribution in [1.82, 2.24) is 9.72 Å². The van der Waals surface area contributed by atoms with Gasteiger partial charge in [0.05, 0.1) is 37.3 Å². The van der Waals surface area contributed by atoms with Crippen LogP contribution in [0.2, 0.25) is 4.34 Å².